The normalized spacial score (nSPS) is 19.6. The van der Waals surface area contributed by atoms with E-state index in [0.717, 1.165) is 10.4 Å². The average Bonchev–Trinajstić information content (AvgIpc) is 3.04. The lowest BCUT2D eigenvalue weighted by Gasteiger charge is -2.13. The Balaban J connectivity index is 2.29. The number of methoxy groups -OCH3 is 1. The lowest BCUT2D eigenvalue weighted by Crippen LogP contribution is -2.29. The molecule has 2 rings (SSSR count). The fourth-order valence-electron chi connectivity index (χ4n) is 2.17. The summed E-state index contributed by atoms with van der Waals surface area (Å²) >= 11 is 0. The summed E-state index contributed by atoms with van der Waals surface area (Å²) in [7, 11) is -2.77. The highest BCUT2D eigenvalue weighted by molar-refractivity contribution is 7.89. The van der Waals surface area contributed by atoms with Crippen LogP contribution < -0.4 is 0 Å². The van der Waals surface area contributed by atoms with Crippen molar-refractivity contribution in [1.82, 2.24) is 4.31 Å². The highest BCUT2D eigenvalue weighted by Gasteiger charge is 2.38. The summed E-state index contributed by atoms with van der Waals surface area (Å²) < 4.78 is 35.4. The smallest absolute Gasteiger partial charge is 0.341 e. The lowest BCUT2D eigenvalue weighted by molar-refractivity contribution is -0.141. The second-order valence-electron chi connectivity index (χ2n) is 4.71. The highest BCUT2D eigenvalue weighted by Crippen LogP contribution is 2.27. The Morgan fingerprint density at radius 1 is 1.48 bits per heavy atom. The third kappa shape index (κ3) is 2.79. The van der Waals surface area contributed by atoms with Gasteiger partial charge < -0.3 is 14.3 Å². The number of aliphatic carboxylic acids is 1. The fraction of sp³-hybridized carbons (Fsp3) is 0.500. The third-order valence-corrected chi connectivity index (χ3v) is 5.12. The molecule has 1 unspecified atom stereocenters. The largest absolute Gasteiger partial charge is 0.481 e. The highest BCUT2D eigenvalue weighted by atomic mass is 32.2. The number of carbonyl (C=O) groups excluding carboxylic acids is 1. The molecule has 1 N–H and O–H groups in total. The number of carboxylic acids is 1. The van der Waals surface area contributed by atoms with Crippen molar-refractivity contribution >= 4 is 22.0 Å². The zero-order valence-electron chi connectivity index (χ0n) is 11.5. The van der Waals surface area contributed by atoms with E-state index in [1.165, 1.54) is 14.0 Å². The molecule has 9 heteroatoms. The second-order valence-corrected chi connectivity index (χ2v) is 6.58. The van der Waals surface area contributed by atoms with Gasteiger partial charge >= 0.3 is 11.9 Å². The number of nitrogens with zero attached hydrogens (tertiary/aromatic N) is 1. The molecule has 116 valence electrons. The molecule has 0 aromatic carbocycles. The van der Waals surface area contributed by atoms with Crippen molar-refractivity contribution in [1.29, 1.82) is 0 Å². The van der Waals surface area contributed by atoms with Gasteiger partial charge in [0.2, 0.25) is 5.09 Å². The van der Waals surface area contributed by atoms with E-state index < -0.39 is 27.9 Å². The first-order chi connectivity index (χ1) is 9.77. The van der Waals surface area contributed by atoms with Gasteiger partial charge in [0, 0.05) is 19.2 Å². The van der Waals surface area contributed by atoms with Crippen LogP contribution in [-0.2, 0) is 19.6 Å². The van der Waals surface area contributed by atoms with Gasteiger partial charge in [-0.05, 0) is 13.3 Å². The number of esters is 1. The van der Waals surface area contributed by atoms with Gasteiger partial charge in [-0.15, -0.1) is 0 Å². The first-order valence-electron chi connectivity index (χ1n) is 6.19. The van der Waals surface area contributed by atoms with Gasteiger partial charge in [-0.3, -0.25) is 4.79 Å². The van der Waals surface area contributed by atoms with E-state index in [1.54, 1.807) is 0 Å². The van der Waals surface area contributed by atoms with Gasteiger partial charge in [0.15, 0.2) is 0 Å². The molecule has 2 heterocycles. The Kier molecular flexibility index (Phi) is 4.06. The molecule has 1 fully saturated rings. The quantitative estimate of drug-likeness (QED) is 0.803. The van der Waals surface area contributed by atoms with Crippen LogP contribution in [0.2, 0.25) is 0 Å². The molecule has 0 amide bonds. The summed E-state index contributed by atoms with van der Waals surface area (Å²) in [5, 5.41) is 8.53. The first kappa shape index (κ1) is 15.5. The number of hydrogen-bond donors (Lipinski definition) is 1. The third-order valence-electron chi connectivity index (χ3n) is 3.39. The number of sulfonamides is 1. The summed E-state index contributed by atoms with van der Waals surface area (Å²) in [6.07, 6.45) is 0.248. The Bertz CT molecular complexity index is 676. The van der Waals surface area contributed by atoms with E-state index in [9.17, 15) is 18.0 Å². The zero-order valence-corrected chi connectivity index (χ0v) is 12.3. The van der Waals surface area contributed by atoms with Gasteiger partial charge in [-0.25, -0.2) is 13.2 Å². The van der Waals surface area contributed by atoms with Crippen LogP contribution in [0.5, 0.6) is 0 Å². The predicted molar refractivity (Wildman–Crippen MR) is 69.3 cm³/mol. The van der Waals surface area contributed by atoms with Crippen molar-refractivity contribution < 1.29 is 32.3 Å². The maximum atomic E-state index is 12.4. The number of carbonyl (C=O) groups is 2. The first-order valence-corrected chi connectivity index (χ1v) is 7.63. The Morgan fingerprint density at radius 2 is 2.14 bits per heavy atom. The molecule has 1 aromatic heterocycles. The van der Waals surface area contributed by atoms with Gasteiger partial charge in [0.25, 0.3) is 10.0 Å². The lowest BCUT2D eigenvalue weighted by atomic mass is 10.1. The summed E-state index contributed by atoms with van der Waals surface area (Å²) in [5.41, 5.74) is 0.0325. The van der Waals surface area contributed by atoms with Gasteiger partial charge in [-0.2, -0.15) is 4.31 Å². The molecule has 8 nitrogen and oxygen atoms in total. The van der Waals surface area contributed by atoms with Crippen molar-refractivity contribution in [2.45, 2.75) is 18.4 Å². The van der Waals surface area contributed by atoms with Gasteiger partial charge in [0.05, 0.1) is 13.0 Å². The van der Waals surface area contributed by atoms with Crippen molar-refractivity contribution in [3.8, 4) is 0 Å². The number of rotatable bonds is 4. The molecule has 1 aliphatic rings. The van der Waals surface area contributed by atoms with Crippen LogP contribution in [0.25, 0.3) is 0 Å². The molecule has 0 bridgehead atoms. The monoisotopic (exact) mass is 317 g/mol. The molecule has 0 saturated carbocycles. The van der Waals surface area contributed by atoms with Gasteiger partial charge in [0.1, 0.15) is 11.3 Å². The molecule has 1 aliphatic heterocycles. The van der Waals surface area contributed by atoms with Crippen LogP contribution >= 0.6 is 0 Å². The van der Waals surface area contributed by atoms with E-state index in [2.05, 4.69) is 4.74 Å². The minimum absolute atomic E-state index is 0.0325. The van der Waals surface area contributed by atoms with Crippen molar-refractivity contribution in [2.75, 3.05) is 20.2 Å². The predicted octanol–water partition coefficient (Wildman–Crippen LogP) is 0.470. The average molecular weight is 317 g/mol. The SMILES string of the molecule is COC(=O)c1cc(S(=O)(=O)N2CCC(C(=O)O)C2)oc1C. The van der Waals surface area contributed by atoms with Gasteiger partial charge in [-0.1, -0.05) is 0 Å². The molecule has 1 aromatic rings. The van der Waals surface area contributed by atoms with E-state index in [-0.39, 0.29) is 35.9 Å². The number of hydrogen-bond acceptors (Lipinski definition) is 6. The molecular weight excluding hydrogens is 302 g/mol. The van der Waals surface area contributed by atoms with E-state index in [4.69, 9.17) is 9.52 Å². The Labute approximate surface area is 121 Å². The molecule has 1 saturated heterocycles. The van der Waals surface area contributed by atoms with Crippen LogP contribution in [0.15, 0.2) is 15.6 Å². The van der Waals surface area contributed by atoms with E-state index in [0.29, 0.717) is 0 Å². The topological polar surface area (TPSA) is 114 Å². The Hall–Kier alpha value is -1.87. The summed E-state index contributed by atoms with van der Waals surface area (Å²) in [6, 6.07) is 1.10. The molecule has 0 aliphatic carbocycles. The minimum Gasteiger partial charge on any atom is -0.481 e. The van der Waals surface area contributed by atoms with Crippen LogP contribution in [0.1, 0.15) is 22.5 Å². The van der Waals surface area contributed by atoms with E-state index in [1.807, 2.05) is 0 Å². The molecule has 0 spiro atoms. The van der Waals surface area contributed by atoms with Crippen LogP contribution in [0.4, 0.5) is 0 Å². The van der Waals surface area contributed by atoms with E-state index >= 15 is 0 Å². The maximum absolute atomic E-state index is 12.4. The molecule has 1 atom stereocenters. The van der Waals surface area contributed by atoms with Crippen molar-refractivity contribution in [2.24, 2.45) is 5.92 Å². The maximum Gasteiger partial charge on any atom is 0.341 e. The number of furan rings is 1. The second kappa shape index (κ2) is 5.49. The van der Waals surface area contributed by atoms with Crippen LogP contribution in [-0.4, -0.2) is 50.0 Å². The molecule has 0 radical (unpaired) electrons. The number of ether oxygens (including phenoxy) is 1. The standard InChI is InChI=1S/C12H15NO7S/c1-7-9(12(16)19-2)5-10(20-7)21(17,18)13-4-3-8(6-13)11(14)15/h5,8H,3-4,6H2,1-2H3,(H,14,15). The van der Waals surface area contributed by atoms with Crippen molar-refractivity contribution in [3.05, 3.63) is 17.4 Å². The Morgan fingerprint density at radius 3 is 2.67 bits per heavy atom. The minimum atomic E-state index is -3.95. The summed E-state index contributed by atoms with van der Waals surface area (Å²) in [6.45, 7) is 1.45. The number of aryl methyl sites for hydroxylation is 1. The van der Waals surface area contributed by atoms with Crippen molar-refractivity contribution in [3.63, 3.8) is 0 Å². The van der Waals surface area contributed by atoms with Crippen LogP contribution in [0, 0.1) is 12.8 Å². The summed E-state index contributed by atoms with van der Waals surface area (Å²) in [4.78, 5) is 22.4. The summed E-state index contributed by atoms with van der Waals surface area (Å²) in [5.74, 6) is -2.31. The zero-order chi connectivity index (χ0) is 15.8. The van der Waals surface area contributed by atoms with Crippen LogP contribution in [0.3, 0.4) is 0 Å². The fourth-order valence-corrected chi connectivity index (χ4v) is 3.64. The molecular formula is C12H15NO7S. The molecule has 21 heavy (non-hydrogen) atoms. The number of carboxylic acid groups (broad SMARTS) is 1.